The maximum Gasteiger partial charge on any atom is 0.253 e. The average Bonchev–Trinajstić information content (AvgIpc) is 3.32. The summed E-state index contributed by atoms with van der Waals surface area (Å²) in [4.78, 5) is 19.7. The van der Waals surface area contributed by atoms with Crippen LogP contribution in [0.25, 0.3) is 11.1 Å². The molecule has 34 heavy (non-hydrogen) atoms. The number of fused-ring (bicyclic) bond motifs is 1. The molecule has 0 aliphatic carbocycles. The number of rotatable bonds is 6. The molecular weight excluding hydrogens is 452 g/mol. The minimum atomic E-state index is -0.0152. The second kappa shape index (κ2) is 9.77. The van der Waals surface area contributed by atoms with Crippen molar-refractivity contribution in [3.63, 3.8) is 0 Å². The highest BCUT2D eigenvalue weighted by Gasteiger charge is 2.28. The second-order valence-corrected chi connectivity index (χ2v) is 8.80. The van der Waals surface area contributed by atoms with Gasteiger partial charge in [0.05, 0.1) is 7.11 Å². The van der Waals surface area contributed by atoms with Crippen LogP contribution in [-0.2, 0) is 6.61 Å². The number of aromatic nitrogens is 1. The SMILES string of the molecule is COc1cc(C(=O)N2CCC(c3nc4ccccc4o3)CC2)ccc1OCc1ccc(Cl)cc1. The van der Waals surface area contributed by atoms with Crippen LogP contribution in [0, 0.1) is 0 Å². The van der Waals surface area contributed by atoms with Crippen LogP contribution in [0.2, 0.25) is 5.02 Å². The van der Waals surface area contributed by atoms with Gasteiger partial charge in [-0.15, -0.1) is 0 Å². The fraction of sp³-hybridized carbons (Fsp3) is 0.259. The first-order chi connectivity index (χ1) is 16.6. The molecule has 1 saturated heterocycles. The summed E-state index contributed by atoms with van der Waals surface area (Å²) in [5.41, 5.74) is 3.26. The van der Waals surface area contributed by atoms with E-state index < -0.39 is 0 Å². The number of para-hydroxylation sites is 2. The molecule has 0 unspecified atom stereocenters. The summed E-state index contributed by atoms with van der Waals surface area (Å²) in [5.74, 6) is 2.08. The summed E-state index contributed by atoms with van der Waals surface area (Å²) in [7, 11) is 1.57. The number of hydrogen-bond donors (Lipinski definition) is 0. The fourth-order valence-corrected chi connectivity index (χ4v) is 4.36. The average molecular weight is 477 g/mol. The molecule has 1 aliphatic rings. The van der Waals surface area contributed by atoms with Crippen LogP contribution in [0.4, 0.5) is 0 Å². The largest absolute Gasteiger partial charge is 0.493 e. The van der Waals surface area contributed by atoms with Crippen molar-refractivity contribution >= 4 is 28.6 Å². The Hall–Kier alpha value is -3.51. The van der Waals surface area contributed by atoms with Gasteiger partial charge in [-0.3, -0.25) is 4.79 Å². The zero-order chi connectivity index (χ0) is 23.5. The van der Waals surface area contributed by atoms with E-state index in [1.807, 2.05) is 53.4 Å². The topological polar surface area (TPSA) is 64.8 Å². The first-order valence-electron chi connectivity index (χ1n) is 11.3. The number of amides is 1. The molecule has 0 radical (unpaired) electrons. The van der Waals surface area contributed by atoms with Crippen molar-refractivity contribution in [2.75, 3.05) is 20.2 Å². The van der Waals surface area contributed by atoms with E-state index in [4.69, 9.17) is 25.5 Å². The van der Waals surface area contributed by atoms with Crippen molar-refractivity contribution in [3.8, 4) is 11.5 Å². The van der Waals surface area contributed by atoms with Crippen LogP contribution in [0.15, 0.2) is 71.1 Å². The molecule has 0 saturated carbocycles. The Bertz CT molecular complexity index is 1260. The van der Waals surface area contributed by atoms with E-state index in [1.54, 1.807) is 25.3 Å². The Kier molecular flexibility index (Phi) is 6.41. The monoisotopic (exact) mass is 476 g/mol. The number of likely N-dealkylation sites (tertiary alicyclic amines) is 1. The number of hydrogen-bond acceptors (Lipinski definition) is 5. The maximum atomic E-state index is 13.2. The van der Waals surface area contributed by atoms with E-state index in [2.05, 4.69) is 4.98 Å². The van der Waals surface area contributed by atoms with E-state index >= 15 is 0 Å². The van der Waals surface area contributed by atoms with E-state index in [9.17, 15) is 4.79 Å². The molecule has 1 fully saturated rings. The van der Waals surface area contributed by atoms with Crippen LogP contribution in [0.5, 0.6) is 11.5 Å². The van der Waals surface area contributed by atoms with Gasteiger partial charge < -0.3 is 18.8 Å². The molecule has 2 heterocycles. The van der Waals surface area contributed by atoms with Gasteiger partial charge in [-0.25, -0.2) is 4.98 Å². The van der Waals surface area contributed by atoms with Gasteiger partial charge in [0.2, 0.25) is 0 Å². The first kappa shape index (κ1) is 22.3. The van der Waals surface area contributed by atoms with Gasteiger partial charge in [0.15, 0.2) is 23.0 Å². The lowest BCUT2D eigenvalue weighted by Gasteiger charge is -2.30. The lowest BCUT2D eigenvalue weighted by Crippen LogP contribution is -2.38. The molecule has 0 spiro atoms. The van der Waals surface area contributed by atoms with Gasteiger partial charge in [-0.2, -0.15) is 0 Å². The van der Waals surface area contributed by atoms with E-state index in [0.29, 0.717) is 41.8 Å². The molecule has 1 amide bonds. The number of methoxy groups -OCH3 is 1. The van der Waals surface area contributed by atoms with Crippen molar-refractivity contribution in [2.24, 2.45) is 0 Å². The van der Waals surface area contributed by atoms with Crippen LogP contribution in [0.3, 0.4) is 0 Å². The third-order valence-corrected chi connectivity index (χ3v) is 6.41. The highest BCUT2D eigenvalue weighted by Crippen LogP contribution is 2.32. The van der Waals surface area contributed by atoms with Crippen LogP contribution >= 0.6 is 11.6 Å². The standard InChI is InChI=1S/C27H25ClN2O4/c1-32-25-16-20(8-11-24(25)33-17-18-6-9-21(28)10-7-18)27(31)30-14-12-19(13-15-30)26-29-22-4-2-3-5-23(22)34-26/h2-11,16,19H,12-15,17H2,1H3. The number of piperidine rings is 1. The van der Waals surface area contributed by atoms with Crippen LogP contribution in [-0.4, -0.2) is 36.0 Å². The molecule has 0 atom stereocenters. The van der Waals surface area contributed by atoms with Gasteiger partial charge in [0.1, 0.15) is 12.1 Å². The lowest BCUT2D eigenvalue weighted by molar-refractivity contribution is 0.0706. The summed E-state index contributed by atoms with van der Waals surface area (Å²) < 4.78 is 17.3. The van der Waals surface area contributed by atoms with Crippen molar-refractivity contribution in [3.05, 3.63) is 88.8 Å². The van der Waals surface area contributed by atoms with Crippen LogP contribution < -0.4 is 9.47 Å². The predicted molar refractivity (Wildman–Crippen MR) is 131 cm³/mol. The number of benzene rings is 3. The summed E-state index contributed by atoms with van der Waals surface area (Å²) >= 11 is 5.94. The van der Waals surface area contributed by atoms with Gasteiger partial charge >= 0.3 is 0 Å². The summed E-state index contributed by atoms with van der Waals surface area (Å²) in [5, 5.41) is 0.682. The van der Waals surface area contributed by atoms with Gasteiger partial charge in [0, 0.05) is 29.6 Å². The third-order valence-electron chi connectivity index (χ3n) is 6.16. The molecule has 6 nitrogen and oxygen atoms in total. The molecule has 3 aromatic carbocycles. The van der Waals surface area contributed by atoms with Crippen molar-refractivity contribution in [1.82, 2.24) is 9.88 Å². The Balaban J connectivity index is 1.22. The highest BCUT2D eigenvalue weighted by atomic mass is 35.5. The summed E-state index contributed by atoms with van der Waals surface area (Å²) in [6, 6.07) is 20.6. The van der Waals surface area contributed by atoms with Crippen molar-refractivity contribution in [1.29, 1.82) is 0 Å². The second-order valence-electron chi connectivity index (χ2n) is 8.37. The molecule has 1 aliphatic heterocycles. The Morgan fingerprint density at radius 2 is 1.82 bits per heavy atom. The normalized spacial score (nSPS) is 14.4. The number of oxazole rings is 1. The molecule has 0 bridgehead atoms. The molecule has 5 rings (SSSR count). The van der Waals surface area contributed by atoms with E-state index in [-0.39, 0.29) is 11.8 Å². The van der Waals surface area contributed by atoms with Crippen molar-refractivity contribution in [2.45, 2.75) is 25.4 Å². The first-order valence-corrected chi connectivity index (χ1v) is 11.7. The molecule has 4 aromatic rings. The molecular formula is C27H25ClN2O4. The quantitative estimate of drug-likeness (QED) is 0.337. The molecule has 0 N–H and O–H groups in total. The smallest absolute Gasteiger partial charge is 0.253 e. The number of carbonyl (C=O) groups excluding carboxylic acids is 1. The zero-order valence-corrected chi connectivity index (χ0v) is 19.6. The minimum Gasteiger partial charge on any atom is -0.493 e. The fourth-order valence-electron chi connectivity index (χ4n) is 4.24. The Morgan fingerprint density at radius 3 is 2.56 bits per heavy atom. The third kappa shape index (κ3) is 4.73. The number of carbonyl (C=O) groups is 1. The van der Waals surface area contributed by atoms with Gasteiger partial charge in [-0.1, -0.05) is 35.9 Å². The summed E-state index contributed by atoms with van der Waals surface area (Å²) in [6.45, 7) is 1.68. The van der Waals surface area contributed by atoms with E-state index in [0.717, 1.165) is 35.4 Å². The zero-order valence-electron chi connectivity index (χ0n) is 18.9. The highest BCUT2D eigenvalue weighted by molar-refractivity contribution is 6.30. The molecule has 7 heteroatoms. The van der Waals surface area contributed by atoms with E-state index in [1.165, 1.54) is 0 Å². The Morgan fingerprint density at radius 1 is 1.06 bits per heavy atom. The number of ether oxygens (including phenoxy) is 2. The predicted octanol–water partition coefficient (Wildman–Crippen LogP) is 6.09. The number of nitrogens with zero attached hydrogens (tertiary/aromatic N) is 2. The van der Waals surface area contributed by atoms with Crippen molar-refractivity contribution < 1.29 is 18.7 Å². The lowest BCUT2D eigenvalue weighted by atomic mass is 9.96. The maximum absolute atomic E-state index is 13.2. The number of halogens is 1. The van der Waals surface area contributed by atoms with Crippen LogP contribution in [0.1, 0.15) is 40.6 Å². The molecule has 174 valence electrons. The minimum absolute atomic E-state index is 0.0152. The molecule has 1 aromatic heterocycles. The summed E-state index contributed by atoms with van der Waals surface area (Å²) in [6.07, 6.45) is 1.63. The van der Waals surface area contributed by atoms with Gasteiger partial charge in [0.25, 0.3) is 5.91 Å². The van der Waals surface area contributed by atoms with Gasteiger partial charge in [-0.05, 0) is 60.9 Å². The Labute approximate surface area is 203 Å².